The lowest BCUT2D eigenvalue weighted by Crippen LogP contribution is -2.49. The summed E-state index contributed by atoms with van der Waals surface area (Å²) in [5.74, 6) is -0.664. The molecule has 0 unspecified atom stereocenters. The van der Waals surface area contributed by atoms with Crippen LogP contribution in [0.3, 0.4) is 0 Å². The predicted molar refractivity (Wildman–Crippen MR) is 152 cm³/mol. The third-order valence-electron chi connectivity index (χ3n) is 5.89. The van der Waals surface area contributed by atoms with Gasteiger partial charge in [-0.3, -0.25) is 13.9 Å². The second-order valence-electron chi connectivity index (χ2n) is 8.75. The highest BCUT2D eigenvalue weighted by Crippen LogP contribution is 2.31. The number of nitrogens with one attached hydrogen (secondary N) is 1. The fraction of sp³-hybridized carbons (Fsp3) is 0.440. The quantitative estimate of drug-likeness (QED) is 0.311. The SMILES string of the molecule is CC[C@H](C)NC(=O)[C@@H](C)N(Cc1c(Cl)cccc1Cl)C(=O)CCCN(c1cc(Cl)ccc1Cl)S(C)(=O)=O. The number of nitrogens with zero attached hydrogens (tertiary/aromatic N) is 2. The molecule has 0 aromatic heterocycles. The summed E-state index contributed by atoms with van der Waals surface area (Å²) in [4.78, 5) is 27.7. The average molecular weight is 611 g/mol. The minimum atomic E-state index is -3.72. The van der Waals surface area contributed by atoms with Crippen molar-refractivity contribution < 1.29 is 18.0 Å². The van der Waals surface area contributed by atoms with Crippen LogP contribution >= 0.6 is 46.4 Å². The first-order valence-electron chi connectivity index (χ1n) is 11.7. The molecule has 0 saturated carbocycles. The molecule has 0 saturated heterocycles. The molecule has 0 fully saturated rings. The lowest BCUT2D eigenvalue weighted by molar-refractivity contribution is -0.140. The van der Waals surface area contributed by atoms with Crippen molar-refractivity contribution in [3.63, 3.8) is 0 Å². The Morgan fingerprint density at radius 3 is 2.19 bits per heavy atom. The molecule has 0 bridgehead atoms. The van der Waals surface area contributed by atoms with Gasteiger partial charge in [0.15, 0.2) is 0 Å². The van der Waals surface area contributed by atoms with Gasteiger partial charge in [0.05, 0.1) is 17.0 Å². The predicted octanol–water partition coefficient (Wildman–Crippen LogP) is 6.18. The molecule has 1 N–H and O–H groups in total. The van der Waals surface area contributed by atoms with Gasteiger partial charge in [-0.1, -0.05) is 59.4 Å². The Hall–Kier alpha value is -1.71. The number of hydrogen-bond donors (Lipinski definition) is 1. The van der Waals surface area contributed by atoms with Gasteiger partial charge in [0.2, 0.25) is 21.8 Å². The van der Waals surface area contributed by atoms with Crippen LogP contribution in [0.2, 0.25) is 20.1 Å². The summed E-state index contributed by atoms with van der Waals surface area (Å²) in [6, 6.07) is 8.65. The number of anilines is 1. The van der Waals surface area contributed by atoms with Crippen LogP contribution in [0.25, 0.3) is 0 Å². The molecule has 0 heterocycles. The van der Waals surface area contributed by atoms with Crippen molar-refractivity contribution in [2.24, 2.45) is 0 Å². The van der Waals surface area contributed by atoms with Crippen LogP contribution in [0.15, 0.2) is 36.4 Å². The Labute approximate surface area is 239 Å². The molecule has 204 valence electrons. The lowest BCUT2D eigenvalue weighted by atomic mass is 10.1. The van der Waals surface area contributed by atoms with Gasteiger partial charge < -0.3 is 10.2 Å². The number of rotatable bonds is 12. The van der Waals surface area contributed by atoms with Crippen LogP contribution in [0.1, 0.15) is 45.6 Å². The molecule has 2 amide bonds. The third kappa shape index (κ3) is 8.93. The molecule has 12 heteroatoms. The zero-order valence-corrected chi connectivity index (χ0v) is 24.9. The van der Waals surface area contributed by atoms with Crippen molar-refractivity contribution in [2.45, 2.75) is 58.7 Å². The lowest BCUT2D eigenvalue weighted by Gasteiger charge is -2.30. The van der Waals surface area contributed by atoms with E-state index in [0.29, 0.717) is 20.6 Å². The first kappa shape index (κ1) is 31.5. The Bertz CT molecular complexity index is 1210. The molecule has 0 aliphatic carbocycles. The Morgan fingerprint density at radius 1 is 1.00 bits per heavy atom. The van der Waals surface area contributed by atoms with Crippen LogP contribution in [0.5, 0.6) is 0 Å². The van der Waals surface area contributed by atoms with Crippen molar-refractivity contribution in [3.8, 4) is 0 Å². The van der Waals surface area contributed by atoms with Gasteiger partial charge in [-0.25, -0.2) is 8.42 Å². The Morgan fingerprint density at radius 2 is 1.62 bits per heavy atom. The first-order chi connectivity index (χ1) is 17.3. The topological polar surface area (TPSA) is 86.8 Å². The van der Waals surface area contributed by atoms with E-state index in [-0.39, 0.29) is 54.5 Å². The maximum atomic E-state index is 13.4. The standard InChI is InChI=1S/C25H31Cl4N3O4S/c1-5-16(2)30-25(34)17(3)31(15-19-20(27)8-6-9-21(19)28)24(33)10-7-13-32(37(4,35)36)23-14-18(26)11-12-22(23)29/h6,8-9,11-12,14,16-17H,5,7,10,13,15H2,1-4H3,(H,30,34)/t16-,17+/m0/s1. The van der Waals surface area contributed by atoms with Crippen LogP contribution < -0.4 is 9.62 Å². The number of halogens is 4. The van der Waals surface area contributed by atoms with E-state index in [1.54, 1.807) is 31.2 Å². The summed E-state index contributed by atoms with van der Waals surface area (Å²) >= 11 is 25.0. The normalized spacial score (nSPS) is 13.1. The second-order valence-corrected chi connectivity index (χ2v) is 12.3. The van der Waals surface area contributed by atoms with E-state index >= 15 is 0 Å². The molecular formula is C25H31Cl4N3O4S. The van der Waals surface area contributed by atoms with Gasteiger partial charge in [0.25, 0.3) is 0 Å². The van der Waals surface area contributed by atoms with E-state index in [9.17, 15) is 18.0 Å². The minimum Gasteiger partial charge on any atom is -0.352 e. The highest BCUT2D eigenvalue weighted by molar-refractivity contribution is 7.92. The van der Waals surface area contributed by atoms with E-state index in [4.69, 9.17) is 46.4 Å². The molecule has 2 atom stereocenters. The van der Waals surface area contributed by atoms with E-state index < -0.39 is 16.1 Å². The second kappa shape index (κ2) is 13.9. The van der Waals surface area contributed by atoms with Crippen LogP contribution in [-0.4, -0.2) is 50.0 Å². The number of benzene rings is 2. The van der Waals surface area contributed by atoms with Gasteiger partial charge in [-0.2, -0.15) is 0 Å². The van der Waals surface area contributed by atoms with E-state index in [1.807, 2.05) is 13.8 Å². The number of hydrogen-bond acceptors (Lipinski definition) is 4. The molecule has 0 radical (unpaired) electrons. The van der Waals surface area contributed by atoms with Gasteiger partial charge in [-0.15, -0.1) is 0 Å². The summed E-state index contributed by atoms with van der Waals surface area (Å²) in [7, 11) is -3.72. The summed E-state index contributed by atoms with van der Waals surface area (Å²) in [5, 5.41) is 4.18. The molecule has 37 heavy (non-hydrogen) atoms. The van der Waals surface area contributed by atoms with Crippen LogP contribution in [0, 0.1) is 0 Å². The Kier molecular flexibility index (Phi) is 11.8. The minimum absolute atomic E-state index is 0.0151. The molecule has 0 spiro atoms. The van der Waals surface area contributed by atoms with Crippen LogP contribution in [0.4, 0.5) is 5.69 Å². The molecular weight excluding hydrogens is 580 g/mol. The van der Waals surface area contributed by atoms with Crippen molar-refractivity contribution in [3.05, 3.63) is 62.1 Å². The fourth-order valence-electron chi connectivity index (χ4n) is 3.56. The number of sulfonamides is 1. The summed E-state index contributed by atoms with van der Waals surface area (Å²) < 4.78 is 26.1. The maximum Gasteiger partial charge on any atom is 0.242 e. The van der Waals surface area contributed by atoms with Gasteiger partial charge in [-0.05, 0) is 57.0 Å². The number of carbonyl (C=O) groups is 2. The molecule has 7 nitrogen and oxygen atoms in total. The highest BCUT2D eigenvalue weighted by Gasteiger charge is 2.28. The van der Waals surface area contributed by atoms with Crippen molar-refractivity contribution in [2.75, 3.05) is 17.1 Å². The smallest absolute Gasteiger partial charge is 0.242 e. The molecule has 2 aromatic carbocycles. The zero-order chi connectivity index (χ0) is 27.9. The van der Waals surface area contributed by atoms with E-state index in [2.05, 4.69) is 5.32 Å². The number of amides is 2. The maximum absolute atomic E-state index is 13.4. The van der Waals surface area contributed by atoms with Gasteiger partial charge in [0, 0.05) is 46.2 Å². The van der Waals surface area contributed by atoms with Crippen molar-refractivity contribution in [1.29, 1.82) is 0 Å². The summed E-state index contributed by atoms with van der Waals surface area (Å²) in [6.45, 7) is 5.46. The zero-order valence-electron chi connectivity index (χ0n) is 21.1. The third-order valence-corrected chi connectivity index (χ3v) is 8.33. The molecule has 2 aromatic rings. The van der Waals surface area contributed by atoms with Crippen molar-refractivity contribution >= 4 is 73.9 Å². The first-order valence-corrected chi connectivity index (χ1v) is 15.1. The van der Waals surface area contributed by atoms with Gasteiger partial charge >= 0.3 is 0 Å². The average Bonchev–Trinajstić information content (AvgIpc) is 2.82. The highest BCUT2D eigenvalue weighted by atomic mass is 35.5. The monoisotopic (exact) mass is 609 g/mol. The van der Waals surface area contributed by atoms with Crippen LogP contribution in [-0.2, 0) is 26.2 Å². The molecule has 0 aliphatic heterocycles. The molecule has 0 aliphatic rings. The van der Waals surface area contributed by atoms with E-state index in [0.717, 1.165) is 17.0 Å². The largest absolute Gasteiger partial charge is 0.352 e. The van der Waals surface area contributed by atoms with Crippen molar-refractivity contribution in [1.82, 2.24) is 10.2 Å². The summed E-state index contributed by atoms with van der Waals surface area (Å²) in [6.07, 6.45) is 1.92. The van der Waals surface area contributed by atoms with E-state index in [1.165, 1.54) is 17.0 Å². The Balaban J connectivity index is 2.26. The molecule has 2 rings (SSSR count). The fourth-order valence-corrected chi connectivity index (χ4v) is 5.48. The van der Waals surface area contributed by atoms with Gasteiger partial charge in [0.1, 0.15) is 6.04 Å². The number of carbonyl (C=O) groups excluding carboxylic acids is 2. The summed E-state index contributed by atoms with van der Waals surface area (Å²) in [5.41, 5.74) is 0.746.